The van der Waals surface area contributed by atoms with Gasteiger partial charge >= 0.3 is 0 Å². The largest absolute Gasteiger partial charge is 0.327 e. The molecular formula is C19H30N2O. The fourth-order valence-corrected chi connectivity index (χ4v) is 3.20. The van der Waals surface area contributed by atoms with Gasteiger partial charge in [0.25, 0.3) is 0 Å². The number of nitrogens with one attached hydrogen (secondary N) is 1. The van der Waals surface area contributed by atoms with E-state index in [1.54, 1.807) is 0 Å². The molecule has 122 valence electrons. The van der Waals surface area contributed by atoms with Gasteiger partial charge in [-0.05, 0) is 43.4 Å². The second-order valence-electron chi connectivity index (χ2n) is 6.63. The number of carbonyl (C=O) groups is 1. The number of anilines is 1. The Labute approximate surface area is 134 Å². The van der Waals surface area contributed by atoms with Gasteiger partial charge in [-0.2, -0.15) is 0 Å². The van der Waals surface area contributed by atoms with E-state index >= 15 is 0 Å². The van der Waals surface area contributed by atoms with Crippen molar-refractivity contribution in [3.63, 3.8) is 0 Å². The Morgan fingerprint density at radius 2 is 1.91 bits per heavy atom. The molecule has 1 fully saturated rings. The number of carbonyl (C=O) groups excluding carboxylic acids is 1. The predicted molar refractivity (Wildman–Crippen MR) is 92.9 cm³/mol. The molecular weight excluding hydrogens is 272 g/mol. The molecule has 1 aromatic rings. The lowest BCUT2D eigenvalue weighted by Gasteiger charge is -2.20. The second kappa shape index (κ2) is 8.94. The molecule has 22 heavy (non-hydrogen) atoms. The van der Waals surface area contributed by atoms with Crippen molar-refractivity contribution < 1.29 is 4.79 Å². The molecule has 0 heterocycles. The van der Waals surface area contributed by atoms with Gasteiger partial charge in [-0.15, -0.1) is 0 Å². The lowest BCUT2D eigenvalue weighted by molar-refractivity contribution is -0.120. The third-order valence-corrected chi connectivity index (χ3v) is 4.62. The molecule has 1 aliphatic carbocycles. The van der Waals surface area contributed by atoms with Crippen molar-refractivity contribution in [3.8, 4) is 0 Å². The first kappa shape index (κ1) is 17.0. The standard InChI is InChI=1S/C19H30N2O/c1-2-3-9-17(20)14-15-10-12-18(13-11-15)21-19(22)16-7-5-4-6-8-16/h10-13,16-17H,2-9,14,20H2,1H3,(H,21,22). The van der Waals surface area contributed by atoms with Gasteiger partial charge in [0.05, 0.1) is 0 Å². The summed E-state index contributed by atoms with van der Waals surface area (Å²) in [6, 6.07) is 8.41. The van der Waals surface area contributed by atoms with Crippen LogP contribution >= 0.6 is 0 Å². The number of amides is 1. The zero-order valence-electron chi connectivity index (χ0n) is 13.8. The fourth-order valence-electron chi connectivity index (χ4n) is 3.20. The number of hydrogen-bond acceptors (Lipinski definition) is 2. The highest BCUT2D eigenvalue weighted by Gasteiger charge is 2.20. The van der Waals surface area contributed by atoms with Crippen LogP contribution < -0.4 is 11.1 Å². The normalized spacial score (nSPS) is 17.2. The molecule has 1 atom stereocenters. The summed E-state index contributed by atoms with van der Waals surface area (Å²) >= 11 is 0. The van der Waals surface area contributed by atoms with Crippen molar-refractivity contribution in [1.82, 2.24) is 0 Å². The summed E-state index contributed by atoms with van der Waals surface area (Å²) in [5.41, 5.74) is 8.29. The Kier molecular flexibility index (Phi) is 6.91. The van der Waals surface area contributed by atoms with Crippen LogP contribution in [0.5, 0.6) is 0 Å². The van der Waals surface area contributed by atoms with E-state index in [-0.39, 0.29) is 17.9 Å². The molecule has 0 saturated heterocycles. The lowest BCUT2D eigenvalue weighted by Crippen LogP contribution is -2.24. The molecule has 1 saturated carbocycles. The highest BCUT2D eigenvalue weighted by molar-refractivity contribution is 5.92. The minimum Gasteiger partial charge on any atom is -0.327 e. The van der Waals surface area contributed by atoms with Crippen LogP contribution in [0.15, 0.2) is 24.3 Å². The molecule has 0 spiro atoms. The van der Waals surface area contributed by atoms with Crippen LogP contribution in [0.2, 0.25) is 0 Å². The van der Waals surface area contributed by atoms with Gasteiger partial charge in [-0.25, -0.2) is 0 Å². The molecule has 3 N–H and O–H groups in total. The molecule has 3 nitrogen and oxygen atoms in total. The number of rotatable bonds is 7. The molecule has 0 aliphatic heterocycles. The summed E-state index contributed by atoms with van der Waals surface area (Å²) in [5, 5.41) is 3.06. The third kappa shape index (κ3) is 5.45. The molecule has 1 aromatic carbocycles. The van der Waals surface area contributed by atoms with Crippen molar-refractivity contribution in [2.24, 2.45) is 11.7 Å². The number of hydrogen-bond donors (Lipinski definition) is 2. The van der Waals surface area contributed by atoms with Crippen LogP contribution in [0.25, 0.3) is 0 Å². The summed E-state index contributed by atoms with van der Waals surface area (Å²) < 4.78 is 0. The molecule has 0 radical (unpaired) electrons. The monoisotopic (exact) mass is 302 g/mol. The van der Waals surface area contributed by atoms with Gasteiger partial charge in [-0.3, -0.25) is 4.79 Å². The van der Waals surface area contributed by atoms with Gasteiger partial charge < -0.3 is 11.1 Å². The SMILES string of the molecule is CCCCC(N)Cc1ccc(NC(=O)C2CCCCC2)cc1. The van der Waals surface area contributed by atoms with Crippen molar-refractivity contribution in [1.29, 1.82) is 0 Å². The van der Waals surface area contributed by atoms with E-state index < -0.39 is 0 Å². The van der Waals surface area contributed by atoms with E-state index in [4.69, 9.17) is 5.73 Å². The minimum absolute atomic E-state index is 0.187. The van der Waals surface area contributed by atoms with E-state index in [1.165, 1.54) is 37.7 Å². The zero-order chi connectivity index (χ0) is 15.8. The summed E-state index contributed by atoms with van der Waals surface area (Å²) in [6.07, 6.45) is 10.1. The first-order valence-corrected chi connectivity index (χ1v) is 8.84. The van der Waals surface area contributed by atoms with Crippen molar-refractivity contribution >= 4 is 11.6 Å². The zero-order valence-corrected chi connectivity index (χ0v) is 13.8. The maximum atomic E-state index is 12.2. The van der Waals surface area contributed by atoms with Crippen LogP contribution in [0.4, 0.5) is 5.69 Å². The number of unbranched alkanes of at least 4 members (excludes halogenated alkanes) is 1. The van der Waals surface area contributed by atoms with Crippen LogP contribution in [0, 0.1) is 5.92 Å². The highest BCUT2D eigenvalue weighted by Crippen LogP contribution is 2.25. The highest BCUT2D eigenvalue weighted by atomic mass is 16.1. The van der Waals surface area contributed by atoms with Crippen LogP contribution in [0.3, 0.4) is 0 Å². The lowest BCUT2D eigenvalue weighted by atomic mass is 9.88. The average Bonchev–Trinajstić information content (AvgIpc) is 2.55. The molecule has 0 bridgehead atoms. The predicted octanol–water partition coefficient (Wildman–Crippen LogP) is 4.27. The molecule has 2 rings (SSSR count). The third-order valence-electron chi connectivity index (χ3n) is 4.62. The van der Waals surface area contributed by atoms with Crippen molar-refractivity contribution in [2.45, 2.75) is 70.8 Å². The van der Waals surface area contributed by atoms with Crippen LogP contribution in [-0.4, -0.2) is 11.9 Å². The van der Waals surface area contributed by atoms with Gasteiger partial charge in [-0.1, -0.05) is 51.2 Å². The van der Waals surface area contributed by atoms with Gasteiger partial charge in [0, 0.05) is 17.6 Å². The van der Waals surface area contributed by atoms with Gasteiger partial charge in [0.1, 0.15) is 0 Å². The van der Waals surface area contributed by atoms with Gasteiger partial charge in [0.2, 0.25) is 5.91 Å². The van der Waals surface area contributed by atoms with E-state index in [1.807, 2.05) is 12.1 Å². The molecule has 1 unspecified atom stereocenters. The first-order chi connectivity index (χ1) is 10.7. The summed E-state index contributed by atoms with van der Waals surface area (Å²) in [6.45, 7) is 2.19. The fraction of sp³-hybridized carbons (Fsp3) is 0.632. The van der Waals surface area contributed by atoms with E-state index in [0.29, 0.717) is 0 Å². The van der Waals surface area contributed by atoms with Gasteiger partial charge in [0.15, 0.2) is 0 Å². The Hall–Kier alpha value is -1.35. The Morgan fingerprint density at radius 3 is 2.55 bits per heavy atom. The molecule has 0 aromatic heterocycles. The number of nitrogens with two attached hydrogens (primary N) is 1. The van der Waals surface area contributed by atoms with Crippen LogP contribution in [-0.2, 0) is 11.2 Å². The maximum absolute atomic E-state index is 12.2. The molecule has 1 amide bonds. The quantitative estimate of drug-likeness (QED) is 0.790. The summed E-state index contributed by atoms with van der Waals surface area (Å²) in [4.78, 5) is 12.2. The van der Waals surface area contributed by atoms with Crippen molar-refractivity contribution in [3.05, 3.63) is 29.8 Å². The topological polar surface area (TPSA) is 55.1 Å². The van der Waals surface area contributed by atoms with Crippen molar-refractivity contribution in [2.75, 3.05) is 5.32 Å². The smallest absolute Gasteiger partial charge is 0.227 e. The van der Waals surface area contributed by atoms with E-state index in [2.05, 4.69) is 24.4 Å². The maximum Gasteiger partial charge on any atom is 0.227 e. The first-order valence-electron chi connectivity index (χ1n) is 8.84. The summed E-state index contributed by atoms with van der Waals surface area (Å²) in [5.74, 6) is 0.392. The Morgan fingerprint density at radius 1 is 1.23 bits per heavy atom. The Bertz CT molecular complexity index is 449. The number of benzene rings is 1. The minimum atomic E-state index is 0.187. The molecule has 1 aliphatic rings. The average molecular weight is 302 g/mol. The summed E-state index contributed by atoms with van der Waals surface area (Å²) in [7, 11) is 0. The second-order valence-corrected chi connectivity index (χ2v) is 6.63. The van der Waals surface area contributed by atoms with E-state index in [9.17, 15) is 4.79 Å². The Balaban J connectivity index is 1.82. The molecule has 3 heteroatoms. The van der Waals surface area contributed by atoms with Crippen LogP contribution in [0.1, 0.15) is 63.9 Å². The van der Waals surface area contributed by atoms with E-state index in [0.717, 1.165) is 31.4 Å².